The van der Waals surface area contributed by atoms with Gasteiger partial charge in [-0.2, -0.15) is 8.78 Å². The van der Waals surface area contributed by atoms with E-state index in [2.05, 4.69) is 0 Å². The molecule has 0 amide bonds. The monoisotopic (exact) mass is 329 g/mol. The first-order valence-electron chi connectivity index (χ1n) is 7.86. The van der Waals surface area contributed by atoms with Crippen LogP contribution in [0.1, 0.15) is 17.8 Å². The Kier molecular flexibility index (Phi) is 3.49. The number of aromatic nitrogens is 2. The van der Waals surface area contributed by atoms with E-state index in [4.69, 9.17) is 0 Å². The van der Waals surface area contributed by atoms with Crippen LogP contribution in [0.5, 0.6) is 0 Å². The Morgan fingerprint density at radius 3 is 2.75 bits per heavy atom. The van der Waals surface area contributed by atoms with Gasteiger partial charge in [0.1, 0.15) is 0 Å². The molecule has 1 aromatic carbocycles. The average molecular weight is 329 g/mol. The van der Waals surface area contributed by atoms with E-state index in [1.165, 1.54) is 10.6 Å². The maximum atomic E-state index is 13.7. The van der Waals surface area contributed by atoms with Gasteiger partial charge >= 0.3 is 6.55 Å². The van der Waals surface area contributed by atoms with Gasteiger partial charge in [0.05, 0.1) is 11.2 Å². The highest BCUT2D eigenvalue weighted by molar-refractivity contribution is 5.87. The highest BCUT2D eigenvalue weighted by Crippen LogP contribution is 2.34. The van der Waals surface area contributed by atoms with Crippen LogP contribution in [-0.4, -0.2) is 27.6 Å². The summed E-state index contributed by atoms with van der Waals surface area (Å²) in [7, 11) is 1.94. The van der Waals surface area contributed by atoms with Crippen LogP contribution in [0.3, 0.4) is 0 Å². The maximum absolute atomic E-state index is 13.7. The van der Waals surface area contributed by atoms with Gasteiger partial charge in [0.25, 0.3) is 5.56 Å². The number of fused-ring (bicyclic) bond motifs is 3. The van der Waals surface area contributed by atoms with E-state index in [0.29, 0.717) is 23.4 Å². The van der Waals surface area contributed by atoms with E-state index < -0.39 is 6.55 Å². The van der Waals surface area contributed by atoms with Crippen molar-refractivity contribution in [3.63, 3.8) is 0 Å². The van der Waals surface area contributed by atoms with Crippen molar-refractivity contribution in [3.05, 3.63) is 64.2 Å². The molecule has 0 saturated heterocycles. The fourth-order valence-electron chi connectivity index (χ4n) is 3.52. The smallest absolute Gasteiger partial charge is 0.300 e. The summed E-state index contributed by atoms with van der Waals surface area (Å²) in [6.45, 7) is -1.24. The molecule has 0 spiro atoms. The first kappa shape index (κ1) is 15.1. The average Bonchev–Trinajstić information content (AvgIpc) is 2.87. The Hall–Kier alpha value is -2.47. The predicted octanol–water partition coefficient (Wildman–Crippen LogP) is 3.18. The highest BCUT2D eigenvalue weighted by Gasteiger charge is 2.26. The van der Waals surface area contributed by atoms with Crippen LogP contribution in [0.25, 0.3) is 16.6 Å². The van der Waals surface area contributed by atoms with Gasteiger partial charge in [-0.1, -0.05) is 12.1 Å². The summed E-state index contributed by atoms with van der Waals surface area (Å²) >= 11 is 0. The number of alkyl halides is 2. The molecule has 0 aliphatic carbocycles. The Morgan fingerprint density at radius 1 is 1.17 bits per heavy atom. The molecule has 6 heteroatoms. The lowest BCUT2D eigenvalue weighted by atomic mass is 10.0. The number of rotatable bonds is 2. The third kappa shape index (κ3) is 2.26. The van der Waals surface area contributed by atoms with Gasteiger partial charge in [-0.05, 0) is 37.2 Å². The van der Waals surface area contributed by atoms with Crippen LogP contribution in [-0.2, 0) is 13.0 Å². The fraction of sp³-hybridized carbons (Fsp3) is 0.278. The molecule has 0 bridgehead atoms. The van der Waals surface area contributed by atoms with Crippen LogP contribution in [0.4, 0.5) is 8.78 Å². The molecule has 0 N–H and O–H groups in total. The number of hydrogen-bond acceptors (Lipinski definition) is 2. The molecular formula is C18H17F2N3O. The zero-order chi connectivity index (χ0) is 16.8. The molecule has 3 aromatic rings. The van der Waals surface area contributed by atoms with E-state index in [-0.39, 0.29) is 5.56 Å². The topological polar surface area (TPSA) is 30.2 Å². The Bertz CT molecular complexity index is 974. The number of pyridine rings is 1. The van der Waals surface area contributed by atoms with Crippen LogP contribution in [0.2, 0.25) is 0 Å². The van der Waals surface area contributed by atoms with Crippen LogP contribution >= 0.6 is 0 Å². The van der Waals surface area contributed by atoms with Gasteiger partial charge < -0.3 is 4.90 Å². The Morgan fingerprint density at radius 2 is 2.00 bits per heavy atom. The lowest BCUT2D eigenvalue weighted by Crippen LogP contribution is -2.27. The summed E-state index contributed by atoms with van der Waals surface area (Å²) < 4.78 is 30.0. The van der Waals surface area contributed by atoms with Crippen LogP contribution < -0.4 is 5.56 Å². The molecular weight excluding hydrogens is 312 g/mol. The van der Waals surface area contributed by atoms with E-state index >= 15 is 0 Å². The molecule has 2 aromatic heterocycles. The molecule has 0 radical (unpaired) electrons. The number of nitrogens with zero attached hydrogens (tertiary/aromatic N) is 3. The van der Waals surface area contributed by atoms with Gasteiger partial charge in [0.15, 0.2) is 0 Å². The largest absolute Gasteiger partial charge is 0.319 e. The van der Waals surface area contributed by atoms with Gasteiger partial charge in [0.2, 0.25) is 0 Å². The van der Waals surface area contributed by atoms with Gasteiger partial charge in [-0.15, -0.1) is 0 Å². The van der Waals surface area contributed by atoms with Crippen molar-refractivity contribution in [3.8, 4) is 5.69 Å². The number of benzene rings is 1. The second-order valence-electron chi connectivity index (χ2n) is 6.17. The normalized spacial score (nSPS) is 15.2. The van der Waals surface area contributed by atoms with Gasteiger partial charge in [0, 0.05) is 36.4 Å². The lowest BCUT2D eigenvalue weighted by Gasteiger charge is -2.24. The van der Waals surface area contributed by atoms with Crippen molar-refractivity contribution in [2.24, 2.45) is 0 Å². The second kappa shape index (κ2) is 5.56. The van der Waals surface area contributed by atoms with Gasteiger partial charge in [-0.3, -0.25) is 13.9 Å². The maximum Gasteiger partial charge on any atom is 0.319 e. The van der Waals surface area contributed by atoms with Crippen LogP contribution in [0, 0.1) is 0 Å². The summed E-state index contributed by atoms with van der Waals surface area (Å²) in [5, 5.41) is 0.853. The third-order valence-corrected chi connectivity index (χ3v) is 4.66. The van der Waals surface area contributed by atoms with Crippen molar-refractivity contribution >= 4 is 10.9 Å². The zero-order valence-corrected chi connectivity index (χ0v) is 13.2. The molecule has 1 aliphatic rings. The molecule has 4 nitrogen and oxygen atoms in total. The minimum Gasteiger partial charge on any atom is -0.300 e. The molecule has 24 heavy (non-hydrogen) atoms. The summed E-state index contributed by atoms with van der Waals surface area (Å²) in [5.74, 6) is 0. The molecule has 4 rings (SSSR count). The Labute approximate surface area is 137 Å². The summed E-state index contributed by atoms with van der Waals surface area (Å²) in [5.41, 5.74) is 2.56. The molecule has 0 saturated carbocycles. The van der Waals surface area contributed by atoms with Crippen molar-refractivity contribution in [2.75, 3.05) is 13.6 Å². The van der Waals surface area contributed by atoms with Crippen molar-refractivity contribution in [1.82, 2.24) is 14.0 Å². The molecule has 124 valence electrons. The summed E-state index contributed by atoms with van der Waals surface area (Å²) in [6, 6.07) is 10.2. The molecule has 0 unspecified atom stereocenters. The summed E-state index contributed by atoms with van der Waals surface area (Å²) in [6.07, 6.45) is 2.40. The first-order valence-corrected chi connectivity index (χ1v) is 7.86. The van der Waals surface area contributed by atoms with Gasteiger partial charge in [-0.25, -0.2) is 0 Å². The highest BCUT2D eigenvalue weighted by atomic mass is 19.3. The van der Waals surface area contributed by atoms with Crippen molar-refractivity contribution in [1.29, 1.82) is 0 Å². The number of hydrogen-bond donors (Lipinski definition) is 0. The third-order valence-electron chi connectivity index (χ3n) is 4.66. The minimum atomic E-state index is -2.61. The second-order valence-corrected chi connectivity index (χ2v) is 6.17. The Balaban J connectivity index is 1.99. The number of halogens is 2. The first-order chi connectivity index (χ1) is 11.6. The minimum absolute atomic E-state index is 0.184. The van der Waals surface area contributed by atoms with E-state index in [1.807, 2.05) is 24.1 Å². The van der Waals surface area contributed by atoms with Crippen LogP contribution in [0.15, 0.2) is 47.4 Å². The molecule has 0 atom stereocenters. The number of likely N-dealkylation sites (N-methyl/N-ethyl adjacent to an activating group) is 1. The predicted molar refractivity (Wildman–Crippen MR) is 88.8 cm³/mol. The van der Waals surface area contributed by atoms with E-state index in [0.717, 1.165) is 28.5 Å². The fourth-order valence-corrected chi connectivity index (χ4v) is 3.52. The lowest BCUT2D eigenvalue weighted by molar-refractivity contribution is 0.0691. The van der Waals surface area contributed by atoms with E-state index in [1.54, 1.807) is 24.4 Å². The molecule has 1 aliphatic heterocycles. The molecule has 3 heterocycles. The quantitative estimate of drug-likeness (QED) is 0.723. The van der Waals surface area contributed by atoms with Crippen molar-refractivity contribution in [2.45, 2.75) is 19.5 Å². The molecule has 0 fully saturated rings. The van der Waals surface area contributed by atoms with Crippen molar-refractivity contribution < 1.29 is 8.78 Å². The van der Waals surface area contributed by atoms with E-state index in [9.17, 15) is 13.6 Å². The zero-order valence-electron chi connectivity index (χ0n) is 13.2. The standard InChI is InChI=1S/C18H17F2N3O/c1-21-9-7-14-13-6-5-12(22-8-3-2-4-17(22)24)10-15(13)23(18(19)20)16(14)11-21/h2-6,8,10,18H,7,9,11H2,1H3. The summed E-state index contributed by atoms with van der Waals surface area (Å²) in [4.78, 5) is 14.1. The SMILES string of the molecule is CN1CCc2c(n(C(F)F)c3cc(-n4ccccc4=O)ccc23)C1.